The first-order valence-electron chi connectivity index (χ1n) is 7.42. The lowest BCUT2D eigenvalue weighted by Gasteiger charge is -2.32. The van der Waals surface area contributed by atoms with Crippen molar-refractivity contribution in [1.29, 1.82) is 0 Å². The Morgan fingerprint density at radius 3 is 2.41 bits per heavy atom. The van der Waals surface area contributed by atoms with E-state index in [-0.39, 0.29) is 19.1 Å². The minimum absolute atomic E-state index is 0.0395. The smallest absolute Gasteiger partial charge is 0.357 e. The maximum absolute atomic E-state index is 12.3. The SMILES string of the molecule is CCNC(=NCCC(F)(F)F)NC1CCN(CC(F)F)CC1. The van der Waals surface area contributed by atoms with Crippen molar-refractivity contribution in [2.45, 2.75) is 44.8 Å². The fourth-order valence-electron chi connectivity index (χ4n) is 2.26. The third kappa shape index (κ3) is 8.35. The van der Waals surface area contributed by atoms with Crippen LogP contribution in [0, 0.1) is 0 Å². The van der Waals surface area contributed by atoms with Crippen LogP contribution in [0.2, 0.25) is 0 Å². The molecule has 0 aromatic carbocycles. The minimum Gasteiger partial charge on any atom is -0.357 e. The van der Waals surface area contributed by atoms with Gasteiger partial charge in [-0.15, -0.1) is 0 Å². The zero-order valence-corrected chi connectivity index (χ0v) is 12.6. The minimum atomic E-state index is -4.22. The predicted octanol–water partition coefficient (Wildman–Crippen LogP) is 2.22. The van der Waals surface area contributed by atoms with Crippen LogP contribution < -0.4 is 10.6 Å². The predicted molar refractivity (Wildman–Crippen MR) is 75.3 cm³/mol. The maximum atomic E-state index is 12.3. The summed E-state index contributed by atoms with van der Waals surface area (Å²) in [6.45, 7) is 2.90. The van der Waals surface area contributed by atoms with Gasteiger partial charge in [-0.05, 0) is 19.8 Å². The van der Waals surface area contributed by atoms with E-state index >= 15 is 0 Å². The molecule has 0 aromatic rings. The number of nitrogens with zero attached hydrogens (tertiary/aromatic N) is 2. The average molecular weight is 330 g/mol. The van der Waals surface area contributed by atoms with Gasteiger partial charge in [0.2, 0.25) is 0 Å². The molecule has 1 saturated heterocycles. The number of piperidine rings is 1. The molecule has 1 aliphatic heterocycles. The highest BCUT2D eigenvalue weighted by molar-refractivity contribution is 5.80. The third-order valence-electron chi connectivity index (χ3n) is 3.33. The van der Waals surface area contributed by atoms with Crippen LogP contribution in [0.3, 0.4) is 0 Å². The van der Waals surface area contributed by atoms with E-state index in [9.17, 15) is 22.0 Å². The molecule has 2 N–H and O–H groups in total. The van der Waals surface area contributed by atoms with E-state index in [0.717, 1.165) is 0 Å². The summed E-state index contributed by atoms with van der Waals surface area (Å²) in [6.07, 6.45) is -6.20. The Kier molecular flexibility index (Phi) is 7.84. The summed E-state index contributed by atoms with van der Waals surface area (Å²) in [6, 6.07) is 0.0395. The second-order valence-corrected chi connectivity index (χ2v) is 5.24. The molecular formula is C13H23F5N4. The van der Waals surface area contributed by atoms with E-state index in [4.69, 9.17) is 0 Å². The number of guanidine groups is 1. The Morgan fingerprint density at radius 1 is 1.27 bits per heavy atom. The van der Waals surface area contributed by atoms with Gasteiger partial charge in [0, 0.05) is 25.7 Å². The van der Waals surface area contributed by atoms with Crippen LogP contribution in [0.15, 0.2) is 4.99 Å². The zero-order valence-electron chi connectivity index (χ0n) is 12.6. The summed E-state index contributed by atoms with van der Waals surface area (Å²) in [7, 11) is 0. The molecule has 0 spiro atoms. The summed E-state index contributed by atoms with van der Waals surface area (Å²) < 4.78 is 60.9. The van der Waals surface area contributed by atoms with Crippen molar-refractivity contribution in [3.63, 3.8) is 0 Å². The van der Waals surface area contributed by atoms with Crippen molar-refractivity contribution >= 4 is 5.96 Å². The lowest BCUT2D eigenvalue weighted by molar-refractivity contribution is -0.132. The molecule has 0 bridgehead atoms. The molecule has 0 aliphatic carbocycles. The number of likely N-dealkylation sites (tertiary alicyclic amines) is 1. The summed E-state index contributed by atoms with van der Waals surface area (Å²) in [5, 5.41) is 5.97. The maximum Gasteiger partial charge on any atom is 0.390 e. The van der Waals surface area contributed by atoms with Gasteiger partial charge >= 0.3 is 6.18 Å². The Hall–Kier alpha value is -1.12. The second kappa shape index (κ2) is 9.12. The van der Waals surface area contributed by atoms with Crippen molar-refractivity contribution in [3.05, 3.63) is 0 Å². The molecule has 22 heavy (non-hydrogen) atoms. The van der Waals surface area contributed by atoms with Crippen LogP contribution in [-0.4, -0.2) is 62.2 Å². The summed E-state index contributed by atoms with van der Waals surface area (Å²) in [5.74, 6) is 0.346. The van der Waals surface area contributed by atoms with Gasteiger partial charge in [0.25, 0.3) is 6.43 Å². The van der Waals surface area contributed by atoms with Crippen LogP contribution in [0.25, 0.3) is 0 Å². The van der Waals surface area contributed by atoms with E-state index in [1.807, 2.05) is 6.92 Å². The van der Waals surface area contributed by atoms with E-state index in [1.165, 1.54) is 0 Å². The van der Waals surface area contributed by atoms with E-state index in [1.54, 1.807) is 4.90 Å². The number of nitrogens with one attached hydrogen (secondary N) is 2. The molecule has 0 amide bonds. The second-order valence-electron chi connectivity index (χ2n) is 5.24. The van der Waals surface area contributed by atoms with Gasteiger partial charge in [-0.25, -0.2) is 8.78 Å². The number of halogens is 5. The lowest BCUT2D eigenvalue weighted by atomic mass is 10.1. The molecule has 0 radical (unpaired) electrons. The fourth-order valence-corrected chi connectivity index (χ4v) is 2.26. The van der Waals surface area contributed by atoms with Crippen molar-refractivity contribution in [2.75, 3.05) is 32.7 Å². The molecule has 4 nitrogen and oxygen atoms in total. The molecule has 1 rings (SSSR count). The number of alkyl halides is 5. The fraction of sp³-hybridized carbons (Fsp3) is 0.923. The molecule has 9 heteroatoms. The zero-order chi connectivity index (χ0) is 16.6. The summed E-state index contributed by atoms with van der Waals surface area (Å²) >= 11 is 0. The van der Waals surface area contributed by atoms with Crippen LogP contribution in [0.1, 0.15) is 26.2 Å². The largest absolute Gasteiger partial charge is 0.390 e. The molecular weight excluding hydrogens is 307 g/mol. The molecule has 0 atom stereocenters. The van der Waals surface area contributed by atoms with Crippen molar-refractivity contribution < 1.29 is 22.0 Å². The van der Waals surface area contributed by atoms with Crippen molar-refractivity contribution in [1.82, 2.24) is 15.5 Å². The summed E-state index contributed by atoms with van der Waals surface area (Å²) in [4.78, 5) is 5.59. The highest BCUT2D eigenvalue weighted by Crippen LogP contribution is 2.19. The van der Waals surface area contributed by atoms with Crippen LogP contribution in [-0.2, 0) is 0 Å². The molecule has 1 fully saturated rings. The topological polar surface area (TPSA) is 39.7 Å². The molecule has 130 valence electrons. The highest BCUT2D eigenvalue weighted by atomic mass is 19.4. The molecule has 0 saturated carbocycles. The van der Waals surface area contributed by atoms with Gasteiger partial charge in [-0.3, -0.25) is 9.89 Å². The van der Waals surface area contributed by atoms with E-state index in [2.05, 4.69) is 15.6 Å². The lowest BCUT2D eigenvalue weighted by Crippen LogP contribution is -2.49. The van der Waals surface area contributed by atoms with Gasteiger partial charge in [0.1, 0.15) is 0 Å². The van der Waals surface area contributed by atoms with E-state index < -0.39 is 19.0 Å². The summed E-state index contributed by atoms with van der Waals surface area (Å²) in [5.41, 5.74) is 0. The number of hydrogen-bond donors (Lipinski definition) is 2. The monoisotopic (exact) mass is 330 g/mol. The average Bonchev–Trinajstić information content (AvgIpc) is 2.39. The molecule has 0 aromatic heterocycles. The first-order valence-corrected chi connectivity index (χ1v) is 7.42. The first-order chi connectivity index (χ1) is 10.3. The van der Waals surface area contributed by atoms with Gasteiger partial charge in [-0.1, -0.05) is 0 Å². The normalized spacial score (nSPS) is 18.8. The number of hydrogen-bond acceptors (Lipinski definition) is 2. The number of rotatable bonds is 6. The third-order valence-corrected chi connectivity index (χ3v) is 3.33. The highest BCUT2D eigenvalue weighted by Gasteiger charge is 2.26. The standard InChI is InChI=1S/C13H23F5N4/c1-2-19-12(20-6-5-13(16,17)18)21-10-3-7-22(8-4-10)9-11(14)15/h10-11H,2-9H2,1H3,(H2,19,20,21). The van der Waals surface area contributed by atoms with Crippen LogP contribution >= 0.6 is 0 Å². The molecule has 1 heterocycles. The number of aliphatic imine (C=N–C) groups is 1. The van der Waals surface area contributed by atoms with Gasteiger partial charge in [0.05, 0.1) is 19.5 Å². The van der Waals surface area contributed by atoms with Crippen LogP contribution in [0.4, 0.5) is 22.0 Å². The van der Waals surface area contributed by atoms with Crippen molar-refractivity contribution in [2.24, 2.45) is 4.99 Å². The van der Waals surface area contributed by atoms with Crippen molar-refractivity contribution in [3.8, 4) is 0 Å². The van der Waals surface area contributed by atoms with Crippen LogP contribution in [0.5, 0.6) is 0 Å². The Bertz CT molecular complexity index is 338. The van der Waals surface area contributed by atoms with E-state index in [0.29, 0.717) is 38.4 Å². The quantitative estimate of drug-likeness (QED) is 0.446. The first kappa shape index (κ1) is 18.9. The Labute approximate surface area is 127 Å². The Balaban J connectivity index is 2.39. The Morgan fingerprint density at radius 2 is 1.91 bits per heavy atom. The molecule has 0 unspecified atom stereocenters. The molecule has 1 aliphatic rings. The van der Waals surface area contributed by atoms with Gasteiger partial charge in [0.15, 0.2) is 5.96 Å². The van der Waals surface area contributed by atoms with Gasteiger partial charge < -0.3 is 10.6 Å². The van der Waals surface area contributed by atoms with Gasteiger partial charge in [-0.2, -0.15) is 13.2 Å².